The van der Waals surface area contributed by atoms with Crippen molar-refractivity contribution in [1.82, 2.24) is 10.2 Å². The number of hydrogen-bond acceptors (Lipinski definition) is 4. The maximum absolute atomic E-state index is 12.1. The Hall–Kier alpha value is -0.610. The Morgan fingerprint density at radius 2 is 2.24 bits per heavy atom. The predicted octanol–water partition coefficient (Wildman–Crippen LogP) is 0.727. The van der Waals surface area contributed by atoms with Crippen LogP contribution in [-0.2, 0) is 9.53 Å². The van der Waals surface area contributed by atoms with E-state index in [1.807, 2.05) is 0 Å². The van der Waals surface area contributed by atoms with Crippen LogP contribution in [0.25, 0.3) is 0 Å². The largest absolute Gasteiger partial charge is 0.469 e. The lowest BCUT2D eigenvalue weighted by molar-refractivity contribution is -0.158. The molecule has 0 radical (unpaired) electrons. The molecule has 0 aromatic heterocycles. The summed E-state index contributed by atoms with van der Waals surface area (Å²) in [6.45, 7) is 6.26. The lowest BCUT2D eigenvalue weighted by Crippen LogP contribution is -2.57. The standard InChI is InChI=1S/C13H24N2O2/c1-10-8-14-6-4-13(10)5-7-15(2)9-11(13)12(16)17-3/h10-11,14H,4-9H2,1-3H3. The summed E-state index contributed by atoms with van der Waals surface area (Å²) in [5.41, 5.74) is 0.158. The molecular formula is C13H24N2O2. The topological polar surface area (TPSA) is 41.6 Å². The number of rotatable bonds is 1. The number of esters is 1. The molecule has 0 aliphatic carbocycles. The van der Waals surface area contributed by atoms with Crippen LogP contribution < -0.4 is 5.32 Å². The number of carbonyl (C=O) groups excluding carboxylic acids is 1. The van der Waals surface area contributed by atoms with Gasteiger partial charge in [0.1, 0.15) is 0 Å². The van der Waals surface area contributed by atoms with Crippen LogP contribution in [0.1, 0.15) is 19.8 Å². The number of methoxy groups -OCH3 is 1. The molecule has 0 aromatic rings. The first-order chi connectivity index (χ1) is 8.10. The van der Waals surface area contributed by atoms with Gasteiger partial charge in [-0.3, -0.25) is 4.79 Å². The van der Waals surface area contributed by atoms with Gasteiger partial charge in [-0.15, -0.1) is 0 Å². The minimum Gasteiger partial charge on any atom is -0.469 e. The third kappa shape index (κ3) is 2.20. The molecule has 2 saturated heterocycles. The van der Waals surface area contributed by atoms with Gasteiger partial charge in [0.15, 0.2) is 0 Å². The van der Waals surface area contributed by atoms with Crippen molar-refractivity contribution in [2.24, 2.45) is 17.3 Å². The average molecular weight is 240 g/mol. The van der Waals surface area contributed by atoms with Gasteiger partial charge in [-0.05, 0) is 50.9 Å². The van der Waals surface area contributed by atoms with E-state index in [1.54, 1.807) is 0 Å². The Balaban J connectivity index is 2.24. The van der Waals surface area contributed by atoms with Crippen LogP contribution in [0.4, 0.5) is 0 Å². The first kappa shape index (κ1) is 12.8. The second-order valence-corrected chi connectivity index (χ2v) is 5.68. The van der Waals surface area contributed by atoms with E-state index < -0.39 is 0 Å². The summed E-state index contributed by atoms with van der Waals surface area (Å²) in [7, 11) is 3.60. The summed E-state index contributed by atoms with van der Waals surface area (Å²) in [4.78, 5) is 14.3. The van der Waals surface area contributed by atoms with E-state index in [0.29, 0.717) is 5.92 Å². The molecule has 2 heterocycles. The summed E-state index contributed by atoms with van der Waals surface area (Å²) in [6.07, 6.45) is 2.22. The highest BCUT2D eigenvalue weighted by molar-refractivity contribution is 5.74. The number of hydrogen-bond donors (Lipinski definition) is 1. The van der Waals surface area contributed by atoms with Gasteiger partial charge in [0.2, 0.25) is 0 Å². The van der Waals surface area contributed by atoms with Gasteiger partial charge in [-0.2, -0.15) is 0 Å². The summed E-state index contributed by atoms with van der Waals surface area (Å²) in [6, 6.07) is 0. The van der Waals surface area contributed by atoms with Crippen LogP contribution in [0, 0.1) is 17.3 Å². The van der Waals surface area contributed by atoms with Gasteiger partial charge in [-0.25, -0.2) is 0 Å². The van der Waals surface area contributed by atoms with E-state index >= 15 is 0 Å². The molecule has 4 heteroatoms. The fraction of sp³-hybridized carbons (Fsp3) is 0.923. The molecule has 98 valence electrons. The molecule has 4 nitrogen and oxygen atoms in total. The van der Waals surface area contributed by atoms with Gasteiger partial charge in [0, 0.05) is 6.54 Å². The van der Waals surface area contributed by atoms with Crippen molar-refractivity contribution in [2.45, 2.75) is 19.8 Å². The van der Waals surface area contributed by atoms with Crippen LogP contribution in [0.5, 0.6) is 0 Å². The van der Waals surface area contributed by atoms with Crippen LogP contribution in [-0.4, -0.2) is 51.2 Å². The molecule has 3 unspecified atom stereocenters. The van der Waals surface area contributed by atoms with Crippen molar-refractivity contribution in [3.63, 3.8) is 0 Å². The van der Waals surface area contributed by atoms with E-state index in [0.717, 1.165) is 39.0 Å². The van der Waals surface area contributed by atoms with E-state index in [4.69, 9.17) is 4.74 Å². The van der Waals surface area contributed by atoms with Crippen molar-refractivity contribution in [2.75, 3.05) is 40.3 Å². The number of carbonyl (C=O) groups is 1. The van der Waals surface area contributed by atoms with Crippen molar-refractivity contribution < 1.29 is 9.53 Å². The van der Waals surface area contributed by atoms with E-state index in [9.17, 15) is 4.79 Å². The first-order valence-corrected chi connectivity index (χ1v) is 6.57. The van der Waals surface area contributed by atoms with E-state index in [-0.39, 0.29) is 17.3 Å². The molecule has 0 aromatic carbocycles. The second-order valence-electron chi connectivity index (χ2n) is 5.68. The quantitative estimate of drug-likeness (QED) is 0.686. The number of likely N-dealkylation sites (tertiary alicyclic amines) is 1. The number of nitrogens with one attached hydrogen (secondary N) is 1. The van der Waals surface area contributed by atoms with Crippen LogP contribution >= 0.6 is 0 Å². The van der Waals surface area contributed by atoms with Crippen molar-refractivity contribution in [3.05, 3.63) is 0 Å². The lowest BCUT2D eigenvalue weighted by Gasteiger charge is -2.51. The highest BCUT2D eigenvalue weighted by Gasteiger charge is 2.50. The minimum absolute atomic E-state index is 0.0229. The van der Waals surface area contributed by atoms with Gasteiger partial charge in [0.25, 0.3) is 0 Å². The lowest BCUT2D eigenvalue weighted by atomic mass is 9.60. The second kappa shape index (κ2) is 4.94. The van der Waals surface area contributed by atoms with Crippen LogP contribution in [0.3, 0.4) is 0 Å². The molecular weight excluding hydrogens is 216 g/mol. The molecule has 0 amide bonds. The maximum Gasteiger partial charge on any atom is 0.310 e. The smallest absolute Gasteiger partial charge is 0.310 e. The van der Waals surface area contributed by atoms with Crippen molar-refractivity contribution >= 4 is 5.97 Å². The Morgan fingerprint density at radius 1 is 1.47 bits per heavy atom. The molecule has 17 heavy (non-hydrogen) atoms. The van der Waals surface area contributed by atoms with Crippen molar-refractivity contribution in [3.8, 4) is 0 Å². The third-order valence-electron chi connectivity index (χ3n) is 4.83. The predicted molar refractivity (Wildman–Crippen MR) is 66.7 cm³/mol. The van der Waals surface area contributed by atoms with Crippen molar-refractivity contribution in [1.29, 1.82) is 0 Å². The summed E-state index contributed by atoms with van der Waals surface area (Å²) in [5, 5.41) is 3.43. The molecule has 2 aliphatic heterocycles. The van der Waals surface area contributed by atoms with Gasteiger partial charge >= 0.3 is 5.97 Å². The maximum atomic E-state index is 12.1. The number of piperidine rings is 2. The summed E-state index contributed by atoms with van der Waals surface area (Å²) >= 11 is 0. The zero-order chi connectivity index (χ0) is 12.5. The Bertz CT molecular complexity index is 295. The first-order valence-electron chi connectivity index (χ1n) is 6.57. The Labute approximate surface area is 104 Å². The highest BCUT2D eigenvalue weighted by Crippen LogP contribution is 2.47. The molecule has 0 saturated carbocycles. The van der Waals surface area contributed by atoms with Crippen LogP contribution in [0.2, 0.25) is 0 Å². The monoisotopic (exact) mass is 240 g/mol. The fourth-order valence-corrected chi connectivity index (χ4v) is 3.59. The molecule has 2 fully saturated rings. The number of ether oxygens (including phenoxy) is 1. The van der Waals surface area contributed by atoms with Gasteiger partial charge in [0.05, 0.1) is 13.0 Å². The zero-order valence-corrected chi connectivity index (χ0v) is 11.2. The highest BCUT2D eigenvalue weighted by atomic mass is 16.5. The normalized spacial score (nSPS) is 39.2. The minimum atomic E-state index is -0.0229. The zero-order valence-electron chi connectivity index (χ0n) is 11.2. The Morgan fingerprint density at radius 3 is 2.88 bits per heavy atom. The summed E-state index contributed by atoms with van der Waals surface area (Å²) < 4.78 is 5.03. The molecule has 1 N–H and O–H groups in total. The van der Waals surface area contributed by atoms with Gasteiger partial charge < -0.3 is 15.0 Å². The Kier molecular flexibility index (Phi) is 3.73. The summed E-state index contributed by atoms with van der Waals surface area (Å²) in [5.74, 6) is 0.572. The molecule has 2 rings (SSSR count). The SMILES string of the molecule is COC(=O)C1CN(C)CCC12CCNCC2C. The number of nitrogens with zero attached hydrogens (tertiary/aromatic N) is 1. The molecule has 1 spiro atoms. The molecule has 3 atom stereocenters. The molecule has 0 bridgehead atoms. The third-order valence-corrected chi connectivity index (χ3v) is 4.83. The average Bonchev–Trinajstić information content (AvgIpc) is 2.34. The van der Waals surface area contributed by atoms with Crippen LogP contribution in [0.15, 0.2) is 0 Å². The van der Waals surface area contributed by atoms with E-state index in [2.05, 4.69) is 24.2 Å². The van der Waals surface area contributed by atoms with Gasteiger partial charge in [-0.1, -0.05) is 6.92 Å². The molecule has 2 aliphatic rings. The van der Waals surface area contributed by atoms with E-state index in [1.165, 1.54) is 7.11 Å². The fourth-order valence-electron chi connectivity index (χ4n) is 3.59.